The van der Waals surface area contributed by atoms with Crippen LogP contribution < -0.4 is 10.1 Å². The molecule has 0 aliphatic heterocycles. The zero-order valence-electron chi connectivity index (χ0n) is 12.2. The van der Waals surface area contributed by atoms with Crippen LogP contribution >= 0.6 is 15.9 Å². The standard InChI is InChI=1S/C14H23BrN2O3/c1-3-16-10-12-9-13(15)11-17-14(12)20-8-7-19-6-4-5-18-2/h9,11,16H,3-8,10H2,1-2H3. The minimum atomic E-state index is 0.501. The normalized spacial score (nSPS) is 10.8. The number of ether oxygens (including phenoxy) is 3. The van der Waals surface area contributed by atoms with E-state index < -0.39 is 0 Å². The van der Waals surface area contributed by atoms with Crippen LogP contribution in [-0.2, 0) is 16.0 Å². The highest BCUT2D eigenvalue weighted by atomic mass is 79.9. The van der Waals surface area contributed by atoms with Crippen molar-refractivity contribution >= 4 is 15.9 Å². The Balaban J connectivity index is 2.31. The van der Waals surface area contributed by atoms with E-state index in [4.69, 9.17) is 14.2 Å². The van der Waals surface area contributed by atoms with E-state index in [0.29, 0.717) is 25.7 Å². The van der Waals surface area contributed by atoms with E-state index in [0.717, 1.165) is 36.2 Å². The maximum atomic E-state index is 5.67. The summed E-state index contributed by atoms with van der Waals surface area (Å²) in [6.45, 7) is 6.20. The molecule has 20 heavy (non-hydrogen) atoms. The molecule has 1 heterocycles. The van der Waals surface area contributed by atoms with Crippen LogP contribution in [0.5, 0.6) is 5.88 Å². The topological polar surface area (TPSA) is 52.6 Å². The number of pyridine rings is 1. The number of rotatable bonds is 11. The maximum Gasteiger partial charge on any atom is 0.217 e. The van der Waals surface area contributed by atoms with Crippen molar-refractivity contribution in [3.63, 3.8) is 0 Å². The molecule has 6 heteroatoms. The number of hydrogen-bond acceptors (Lipinski definition) is 5. The summed E-state index contributed by atoms with van der Waals surface area (Å²) in [5.74, 6) is 0.662. The molecule has 0 amide bonds. The van der Waals surface area contributed by atoms with Gasteiger partial charge in [-0.25, -0.2) is 4.98 Å². The summed E-state index contributed by atoms with van der Waals surface area (Å²) in [6.07, 6.45) is 2.64. The van der Waals surface area contributed by atoms with Crippen molar-refractivity contribution < 1.29 is 14.2 Å². The van der Waals surface area contributed by atoms with Gasteiger partial charge in [0.15, 0.2) is 0 Å². The lowest BCUT2D eigenvalue weighted by molar-refractivity contribution is 0.0792. The quantitative estimate of drug-likeness (QED) is 0.623. The molecule has 1 rings (SSSR count). The summed E-state index contributed by atoms with van der Waals surface area (Å²) in [6, 6.07) is 2.02. The average Bonchev–Trinajstić information content (AvgIpc) is 2.45. The molecule has 0 fully saturated rings. The van der Waals surface area contributed by atoms with Gasteiger partial charge in [0.05, 0.1) is 6.61 Å². The second-order valence-corrected chi connectivity index (χ2v) is 5.12. The van der Waals surface area contributed by atoms with E-state index in [9.17, 15) is 0 Å². The summed E-state index contributed by atoms with van der Waals surface area (Å²) >= 11 is 3.42. The molecular weight excluding hydrogens is 324 g/mol. The van der Waals surface area contributed by atoms with E-state index in [1.54, 1.807) is 13.3 Å². The lowest BCUT2D eigenvalue weighted by atomic mass is 10.2. The van der Waals surface area contributed by atoms with Crippen molar-refractivity contribution in [2.45, 2.75) is 19.9 Å². The van der Waals surface area contributed by atoms with Crippen molar-refractivity contribution in [1.82, 2.24) is 10.3 Å². The summed E-state index contributed by atoms with van der Waals surface area (Å²) in [5, 5.41) is 3.27. The zero-order valence-corrected chi connectivity index (χ0v) is 13.7. The van der Waals surface area contributed by atoms with E-state index in [1.165, 1.54) is 0 Å². The predicted octanol–water partition coefficient (Wildman–Crippen LogP) is 2.39. The smallest absolute Gasteiger partial charge is 0.217 e. The first-order chi connectivity index (χ1) is 9.77. The van der Waals surface area contributed by atoms with Crippen LogP contribution in [0, 0.1) is 0 Å². The summed E-state index contributed by atoms with van der Waals surface area (Å²) in [5.41, 5.74) is 1.04. The van der Waals surface area contributed by atoms with Crippen molar-refractivity contribution in [2.24, 2.45) is 0 Å². The molecule has 0 aliphatic carbocycles. The molecule has 114 valence electrons. The Morgan fingerprint density at radius 2 is 2.10 bits per heavy atom. The van der Waals surface area contributed by atoms with Crippen LogP contribution in [0.15, 0.2) is 16.7 Å². The maximum absolute atomic E-state index is 5.67. The molecule has 0 aromatic carbocycles. The third-order valence-corrected chi connectivity index (χ3v) is 2.99. The first kappa shape index (κ1) is 17.4. The number of halogens is 1. The Morgan fingerprint density at radius 1 is 1.25 bits per heavy atom. The molecule has 0 atom stereocenters. The minimum absolute atomic E-state index is 0.501. The minimum Gasteiger partial charge on any atom is -0.475 e. The molecule has 0 aliphatic rings. The van der Waals surface area contributed by atoms with E-state index in [1.807, 2.05) is 6.07 Å². The van der Waals surface area contributed by atoms with Gasteiger partial charge in [-0.2, -0.15) is 0 Å². The Hall–Kier alpha value is -0.690. The average molecular weight is 347 g/mol. The highest BCUT2D eigenvalue weighted by Crippen LogP contribution is 2.19. The van der Waals surface area contributed by atoms with Gasteiger partial charge in [-0.05, 0) is 35.0 Å². The predicted molar refractivity (Wildman–Crippen MR) is 82.1 cm³/mol. The first-order valence-electron chi connectivity index (χ1n) is 6.82. The van der Waals surface area contributed by atoms with Gasteiger partial charge in [0.25, 0.3) is 0 Å². The van der Waals surface area contributed by atoms with Gasteiger partial charge in [0, 0.05) is 43.1 Å². The SMILES string of the molecule is CCNCc1cc(Br)cnc1OCCOCCCOC. The summed E-state index contributed by atoms with van der Waals surface area (Å²) in [4.78, 5) is 4.29. The van der Waals surface area contributed by atoms with Gasteiger partial charge < -0.3 is 19.5 Å². The lowest BCUT2D eigenvalue weighted by Crippen LogP contribution is -2.15. The number of methoxy groups -OCH3 is 1. The van der Waals surface area contributed by atoms with E-state index in [-0.39, 0.29) is 0 Å². The van der Waals surface area contributed by atoms with Gasteiger partial charge in [-0.3, -0.25) is 0 Å². The molecule has 0 bridgehead atoms. The molecule has 5 nitrogen and oxygen atoms in total. The van der Waals surface area contributed by atoms with Crippen LogP contribution in [-0.4, -0.2) is 45.1 Å². The monoisotopic (exact) mass is 346 g/mol. The molecule has 0 spiro atoms. The fraction of sp³-hybridized carbons (Fsp3) is 0.643. The van der Waals surface area contributed by atoms with Gasteiger partial charge >= 0.3 is 0 Å². The molecule has 0 saturated heterocycles. The number of hydrogen-bond donors (Lipinski definition) is 1. The van der Waals surface area contributed by atoms with Crippen molar-refractivity contribution in [1.29, 1.82) is 0 Å². The molecule has 0 saturated carbocycles. The fourth-order valence-corrected chi connectivity index (χ4v) is 1.97. The molecule has 1 aromatic rings. The summed E-state index contributed by atoms with van der Waals surface area (Å²) < 4.78 is 17.0. The lowest BCUT2D eigenvalue weighted by Gasteiger charge is -2.11. The van der Waals surface area contributed by atoms with Crippen LogP contribution in [0.25, 0.3) is 0 Å². The first-order valence-corrected chi connectivity index (χ1v) is 7.61. The third-order valence-electron chi connectivity index (χ3n) is 2.56. The second-order valence-electron chi connectivity index (χ2n) is 4.21. The molecule has 1 N–H and O–H groups in total. The molecule has 0 radical (unpaired) electrons. The molecular formula is C14H23BrN2O3. The highest BCUT2D eigenvalue weighted by molar-refractivity contribution is 9.10. The van der Waals surface area contributed by atoms with Crippen molar-refractivity contribution in [2.75, 3.05) is 40.1 Å². The van der Waals surface area contributed by atoms with Gasteiger partial charge in [-0.15, -0.1) is 0 Å². The Morgan fingerprint density at radius 3 is 2.85 bits per heavy atom. The summed E-state index contributed by atoms with van der Waals surface area (Å²) in [7, 11) is 1.69. The van der Waals surface area contributed by atoms with Crippen LogP contribution in [0.1, 0.15) is 18.9 Å². The largest absolute Gasteiger partial charge is 0.475 e. The van der Waals surface area contributed by atoms with Crippen LogP contribution in [0.3, 0.4) is 0 Å². The van der Waals surface area contributed by atoms with Gasteiger partial charge in [-0.1, -0.05) is 6.92 Å². The third kappa shape index (κ3) is 7.19. The highest BCUT2D eigenvalue weighted by Gasteiger charge is 2.06. The Bertz CT molecular complexity index is 377. The second kappa shape index (κ2) is 11.0. The zero-order chi connectivity index (χ0) is 14.6. The Labute approximate surface area is 129 Å². The van der Waals surface area contributed by atoms with E-state index >= 15 is 0 Å². The molecule has 0 unspecified atom stereocenters. The number of aromatic nitrogens is 1. The van der Waals surface area contributed by atoms with Crippen molar-refractivity contribution in [3.8, 4) is 5.88 Å². The fourth-order valence-electron chi connectivity index (χ4n) is 1.59. The number of nitrogens with zero attached hydrogens (tertiary/aromatic N) is 1. The molecule has 1 aromatic heterocycles. The Kier molecular flexibility index (Phi) is 9.57. The number of nitrogens with one attached hydrogen (secondary N) is 1. The van der Waals surface area contributed by atoms with Crippen molar-refractivity contribution in [3.05, 3.63) is 22.3 Å². The van der Waals surface area contributed by atoms with Crippen LogP contribution in [0.4, 0.5) is 0 Å². The van der Waals surface area contributed by atoms with Gasteiger partial charge in [0.2, 0.25) is 5.88 Å². The van der Waals surface area contributed by atoms with Gasteiger partial charge in [0.1, 0.15) is 6.61 Å². The van der Waals surface area contributed by atoms with E-state index in [2.05, 4.69) is 33.2 Å². The van der Waals surface area contributed by atoms with Crippen LogP contribution in [0.2, 0.25) is 0 Å².